The molecule has 0 spiro atoms. The Hall–Kier alpha value is -3.61. The van der Waals surface area contributed by atoms with Crippen LogP contribution in [0.15, 0.2) is 60.8 Å². The summed E-state index contributed by atoms with van der Waals surface area (Å²) in [7, 11) is 1.55. The second-order valence-corrected chi connectivity index (χ2v) is 7.34. The standard InChI is InChI=1S/C23H25N5O2/c1-24-23(30)26-18-11-7-10-17(14-18)22(29)28-13-6-5-12-20(28)21-25-15-19(27-21)16-8-3-2-4-9-16/h2-4,7-11,14-15,20H,5-6,12-13H2,1H3,(H,25,27)(H2,24,26,30). The first-order chi connectivity index (χ1) is 14.7. The van der Waals surface area contributed by atoms with Crippen molar-refractivity contribution in [1.29, 1.82) is 0 Å². The van der Waals surface area contributed by atoms with Gasteiger partial charge in [-0.3, -0.25) is 4.79 Å². The highest BCUT2D eigenvalue weighted by Gasteiger charge is 2.30. The number of benzene rings is 2. The molecule has 3 amide bonds. The fraction of sp³-hybridized carbons (Fsp3) is 0.261. The zero-order valence-corrected chi connectivity index (χ0v) is 16.9. The van der Waals surface area contributed by atoms with Gasteiger partial charge in [0.2, 0.25) is 0 Å². The molecule has 1 aliphatic heterocycles. The normalized spacial score (nSPS) is 16.2. The maximum absolute atomic E-state index is 13.3. The van der Waals surface area contributed by atoms with Crippen LogP contribution in [0.2, 0.25) is 0 Å². The number of carbonyl (C=O) groups excluding carboxylic acids is 2. The van der Waals surface area contributed by atoms with Crippen LogP contribution < -0.4 is 10.6 Å². The van der Waals surface area contributed by atoms with E-state index in [1.807, 2.05) is 41.4 Å². The van der Waals surface area contributed by atoms with Crippen molar-refractivity contribution >= 4 is 17.6 Å². The van der Waals surface area contributed by atoms with Crippen molar-refractivity contribution in [3.63, 3.8) is 0 Å². The minimum absolute atomic E-state index is 0.0575. The summed E-state index contributed by atoms with van der Waals surface area (Å²) in [5.74, 6) is 0.750. The molecule has 1 fully saturated rings. The molecule has 1 aliphatic rings. The number of piperidine rings is 1. The second kappa shape index (κ2) is 8.82. The molecule has 1 unspecified atom stereocenters. The van der Waals surface area contributed by atoms with Gasteiger partial charge in [-0.1, -0.05) is 36.4 Å². The van der Waals surface area contributed by atoms with E-state index in [0.717, 1.165) is 36.3 Å². The van der Waals surface area contributed by atoms with E-state index in [0.29, 0.717) is 17.8 Å². The number of likely N-dealkylation sites (tertiary alicyclic amines) is 1. The van der Waals surface area contributed by atoms with Crippen molar-refractivity contribution in [2.75, 3.05) is 18.9 Å². The van der Waals surface area contributed by atoms with Gasteiger partial charge in [-0.15, -0.1) is 0 Å². The number of carbonyl (C=O) groups is 2. The van der Waals surface area contributed by atoms with Crippen LogP contribution in [0.5, 0.6) is 0 Å². The number of rotatable bonds is 4. The summed E-state index contributed by atoms with van der Waals surface area (Å²) in [6.07, 6.45) is 4.71. The fourth-order valence-corrected chi connectivity index (χ4v) is 3.82. The zero-order valence-electron chi connectivity index (χ0n) is 16.9. The Balaban J connectivity index is 1.57. The van der Waals surface area contributed by atoms with E-state index in [2.05, 4.69) is 20.6 Å². The first-order valence-electron chi connectivity index (χ1n) is 10.2. The van der Waals surface area contributed by atoms with E-state index in [9.17, 15) is 9.59 Å². The molecule has 1 aromatic heterocycles. The Bertz CT molecular complexity index is 1030. The van der Waals surface area contributed by atoms with Gasteiger partial charge >= 0.3 is 6.03 Å². The van der Waals surface area contributed by atoms with Crippen LogP contribution in [-0.2, 0) is 0 Å². The first-order valence-corrected chi connectivity index (χ1v) is 10.2. The molecule has 7 heteroatoms. The second-order valence-electron chi connectivity index (χ2n) is 7.34. The monoisotopic (exact) mass is 403 g/mol. The summed E-state index contributed by atoms with van der Waals surface area (Å²) in [6, 6.07) is 16.6. The molecule has 4 rings (SSSR count). The highest BCUT2D eigenvalue weighted by Crippen LogP contribution is 2.32. The number of hydrogen-bond donors (Lipinski definition) is 3. The number of H-pyrrole nitrogens is 1. The minimum atomic E-state index is -0.320. The van der Waals surface area contributed by atoms with E-state index in [1.165, 1.54) is 0 Å². The topological polar surface area (TPSA) is 90.1 Å². The van der Waals surface area contributed by atoms with Gasteiger partial charge in [-0.2, -0.15) is 0 Å². The van der Waals surface area contributed by atoms with Gasteiger partial charge < -0.3 is 20.5 Å². The Morgan fingerprint density at radius 2 is 1.93 bits per heavy atom. The number of nitrogens with zero attached hydrogens (tertiary/aromatic N) is 2. The largest absolute Gasteiger partial charge is 0.341 e. The van der Waals surface area contributed by atoms with Crippen LogP contribution in [0.3, 0.4) is 0 Å². The highest BCUT2D eigenvalue weighted by atomic mass is 16.2. The molecule has 1 saturated heterocycles. The maximum atomic E-state index is 13.3. The van der Waals surface area contributed by atoms with Gasteiger partial charge in [0.05, 0.1) is 17.9 Å². The molecule has 2 heterocycles. The predicted molar refractivity (Wildman–Crippen MR) is 116 cm³/mol. The molecule has 0 radical (unpaired) electrons. The Morgan fingerprint density at radius 1 is 1.10 bits per heavy atom. The average molecular weight is 403 g/mol. The Labute approximate surface area is 175 Å². The lowest BCUT2D eigenvalue weighted by molar-refractivity contribution is 0.0601. The third-order valence-electron chi connectivity index (χ3n) is 5.35. The molecule has 30 heavy (non-hydrogen) atoms. The predicted octanol–water partition coefficient (Wildman–Crippen LogP) is 4.20. The van der Waals surface area contributed by atoms with Crippen LogP contribution in [0, 0.1) is 0 Å². The smallest absolute Gasteiger partial charge is 0.318 e. The lowest BCUT2D eigenvalue weighted by atomic mass is 10.00. The number of aromatic nitrogens is 2. The molecule has 0 saturated carbocycles. The van der Waals surface area contributed by atoms with Crippen molar-refractivity contribution < 1.29 is 9.59 Å². The molecule has 1 atom stereocenters. The molecule has 7 nitrogen and oxygen atoms in total. The summed E-state index contributed by atoms with van der Waals surface area (Å²) < 4.78 is 0. The highest BCUT2D eigenvalue weighted by molar-refractivity contribution is 5.97. The molecule has 2 aromatic carbocycles. The van der Waals surface area contributed by atoms with Crippen LogP contribution >= 0.6 is 0 Å². The van der Waals surface area contributed by atoms with Crippen LogP contribution in [0.25, 0.3) is 11.3 Å². The van der Waals surface area contributed by atoms with Crippen LogP contribution in [-0.4, -0.2) is 40.4 Å². The quantitative estimate of drug-likeness (QED) is 0.610. The number of nitrogens with one attached hydrogen (secondary N) is 3. The SMILES string of the molecule is CNC(=O)Nc1cccc(C(=O)N2CCCCC2c2ncc(-c3ccccc3)[nH]2)c1. The van der Waals surface area contributed by atoms with E-state index < -0.39 is 0 Å². The van der Waals surface area contributed by atoms with E-state index in [-0.39, 0.29) is 18.0 Å². The van der Waals surface area contributed by atoms with Gasteiger partial charge in [-0.25, -0.2) is 9.78 Å². The van der Waals surface area contributed by atoms with Gasteiger partial charge in [0.1, 0.15) is 5.82 Å². The molecule has 0 bridgehead atoms. The number of imidazole rings is 1. The lowest BCUT2D eigenvalue weighted by Crippen LogP contribution is -2.39. The van der Waals surface area contributed by atoms with Crippen molar-refractivity contribution in [3.8, 4) is 11.3 Å². The summed E-state index contributed by atoms with van der Waals surface area (Å²) in [5, 5.41) is 5.23. The zero-order chi connectivity index (χ0) is 20.9. The molecular formula is C23H25N5O2. The van der Waals surface area contributed by atoms with Gasteiger partial charge in [0, 0.05) is 24.8 Å². The number of hydrogen-bond acceptors (Lipinski definition) is 3. The average Bonchev–Trinajstić information content (AvgIpc) is 3.29. The molecule has 154 valence electrons. The van der Waals surface area contributed by atoms with Crippen molar-refractivity contribution in [1.82, 2.24) is 20.2 Å². The maximum Gasteiger partial charge on any atom is 0.318 e. The van der Waals surface area contributed by atoms with E-state index >= 15 is 0 Å². The van der Waals surface area contributed by atoms with E-state index in [1.54, 1.807) is 31.3 Å². The van der Waals surface area contributed by atoms with Crippen LogP contribution in [0.4, 0.5) is 10.5 Å². The fourth-order valence-electron chi connectivity index (χ4n) is 3.82. The summed E-state index contributed by atoms with van der Waals surface area (Å²) in [6.45, 7) is 0.679. The van der Waals surface area contributed by atoms with E-state index in [4.69, 9.17) is 0 Å². The summed E-state index contributed by atoms with van der Waals surface area (Å²) >= 11 is 0. The number of aromatic amines is 1. The Kier molecular flexibility index (Phi) is 5.79. The molecule has 3 N–H and O–H groups in total. The van der Waals surface area contributed by atoms with Crippen LogP contribution in [0.1, 0.15) is 41.5 Å². The molecule has 3 aromatic rings. The summed E-state index contributed by atoms with van der Waals surface area (Å²) in [4.78, 5) is 34.8. The molecular weight excluding hydrogens is 378 g/mol. The van der Waals surface area contributed by atoms with Gasteiger partial charge in [-0.05, 0) is 43.0 Å². The number of urea groups is 1. The summed E-state index contributed by atoms with van der Waals surface area (Å²) in [5.41, 5.74) is 3.14. The van der Waals surface area contributed by atoms with Gasteiger partial charge in [0.25, 0.3) is 5.91 Å². The number of amides is 3. The van der Waals surface area contributed by atoms with Crippen molar-refractivity contribution in [2.24, 2.45) is 0 Å². The number of anilines is 1. The third-order valence-corrected chi connectivity index (χ3v) is 5.35. The lowest BCUT2D eigenvalue weighted by Gasteiger charge is -2.34. The minimum Gasteiger partial charge on any atom is -0.341 e. The first kappa shape index (κ1) is 19.7. The van der Waals surface area contributed by atoms with Gasteiger partial charge in [0.15, 0.2) is 0 Å². The Morgan fingerprint density at radius 3 is 2.73 bits per heavy atom. The third kappa shape index (κ3) is 4.20. The van der Waals surface area contributed by atoms with Crippen molar-refractivity contribution in [3.05, 3.63) is 72.2 Å². The van der Waals surface area contributed by atoms with Crippen molar-refractivity contribution in [2.45, 2.75) is 25.3 Å². The molecule has 0 aliphatic carbocycles.